The van der Waals surface area contributed by atoms with Crippen LogP contribution in [0.15, 0.2) is 42.5 Å². The van der Waals surface area contributed by atoms with Crippen LogP contribution < -0.4 is 5.73 Å². The van der Waals surface area contributed by atoms with E-state index < -0.39 is 11.7 Å². The van der Waals surface area contributed by atoms with Gasteiger partial charge in [0.1, 0.15) is 0 Å². The molecule has 0 saturated carbocycles. The molecule has 0 bridgehead atoms. The van der Waals surface area contributed by atoms with Crippen LogP contribution in [0.1, 0.15) is 18.1 Å². The zero-order valence-electron chi connectivity index (χ0n) is 10.5. The third-order valence-corrected chi connectivity index (χ3v) is 3.05. The van der Waals surface area contributed by atoms with E-state index in [9.17, 15) is 13.2 Å². The molecule has 19 heavy (non-hydrogen) atoms. The van der Waals surface area contributed by atoms with E-state index in [4.69, 9.17) is 5.73 Å². The molecule has 0 aliphatic rings. The van der Waals surface area contributed by atoms with Crippen molar-refractivity contribution >= 4 is 5.69 Å². The molecule has 0 heterocycles. The van der Waals surface area contributed by atoms with Crippen molar-refractivity contribution in [3.8, 4) is 11.1 Å². The molecule has 0 radical (unpaired) electrons. The molecule has 0 spiro atoms. The number of hydrogen-bond acceptors (Lipinski definition) is 1. The number of alkyl halides is 3. The zero-order chi connectivity index (χ0) is 14.0. The van der Waals surface area contributed by atoms with Crippen LogP contribution in [-0.4, -0.2) is 0 Å². The molecule has 2 rings (SSSR count). The molecule has 0 amide bonds. The highest BCUT2D eigenvalue weighted by Crippen LogP contribution is 2.35. The van der Waals surface area contributed by atoms with Crippen LogP contribution in [-0.2, 0) is 12.6 Å². The molecule has 2 aromatic rings. The van der Waals surface area contributed by atoms with Crippen LogP contribution in [0.25, 0.3) is 11.1 Å². The summed E-state index contributed by atoms with van der Waals surface area (Å²) >= 11 is 0. The predicted molar refractivity (Wildman–Crippen MR) is 70.7 cm³/mol. The van der Waals surface area contributed by atoms with Crippen molar-refractivity contribution in [2.24, 2.45) is 0 Å². The van der Waals surface area contributed by atoms with Gasteiger partial charge < -0.3 is 5.73 Å². The molecular weight excluding hydrogens is 251 g/mol. The second kappa shape index (κ2) is 4.96. The van der Waals surface area contributed by atoms with Crippen molar-refractivity contribution in [1.82, 2.24) is 0 Å². The van der Waals surface area contributed by atoms with Crippen molar-refractivity contribution in [1.29, 1.82) is 0 Å². The lowest BCUT2D eigenvalue weighted by Gasteiger charge is -2.11. The van der Waals surface area contributed by atoms with Crippen LogP contribution in [0.2, 0.25) is 0 Å². The smallest absolute Gasteiger partial charge is 0.398 e. The van der Waals surface area contributed by atoms with Gasteiger partial charge in [-0.25, -0.2) is 0 Å². The maximum absolute atomic E-state index is 12.7. The normalized spacial score (nSPS) is 11.6. The molecule has 100 valence electrons. The Kier molecular flexibility index (Phi) is 3.51. The van der Waals surface area contributed by atoms with E-state index in [1.807, 2.05) is 19.1 Å². The molecule has 1 nitrogen and oxygen atoms in total. The summed E-state index contributed by atoms with van der Waals surface area (Å²) in [7, 11) is 0. The Bertz CT molecular complexity index is 571. The summed E-state index contributed by atoms with van der Waals surface area (Å²) in [4.78, 5) is 0. The SMILES string of the molecule is CCc1ccc(-c2cc(C(F)(F)F)ccc2N)cc1. The van der Waals surface area contributed by atoms with Crippen LogP contribution in [0.4, 0.5) is 18.9 Å². The van der Waals surface area contributed by atoms with Gasteiger partial charge in [-0.05, 0) is 35.7 Å². The van der Waals surface area contributed by atoms with Crippen LogP contribution in [0.5, 0.6) is 0 Å². The molecular formula is C15H14F3N. The highest BCUT2D eigenvalue weighted by Gasteiger charge is 2.30. The number of anilines is 1. The maximum Gasteiger partial charge on any atom is 0.416 e. The van der Waals surface area contributed by atoms with E-state index in [0.29, 0.717) is 16.8 Å². The van der Waals surface area contributed by atoms with E-state index in [0.717, 1.165) is 24.1 Å². The van der Waals surface area contributed by atoms with Gasteiger partial charge in [0.15, 0.2) is 0 Å². The topological polar surface area (TPSA) is 26.0 Å². The summed E-state index contributed by atoms with van der Waals surface area (Å²) in [6, 6.07) is 10.8. The number of nitrogen functional groups attached to an aromatic ring is 1. The summed E-state index contributed by atoms with van der Waals surface area (Å²) in [5, 5.41) is 0. The lowest BCUT2D eigenvalue weighted by atomic mass is 9.99. The summed E-state index contributed by atoms with van der Waals surface area (Å²) in [5.74, 6) is 0. The van der Waals surface area contributed by atoms with E-state index >= 15 is 0 Å². The minimum Gasteiger partial charge on any atom is -0.398 e. The number of halogens is 3. The number of hydrogen-bond donors (Lipinski definition) is 1. The van der Waals surface area contributed by atoms with Crippen molar-refractivity contribution in [3.63, 3.8) is 0 Å². The molecule has 0 saturated heterocycles. The number of nitrogens with two attached hydrogens (primary N) is 1. The summed E-state index contributed by atoms with van der Waals surface area (Å²) in [6.45, 7) is 2.02. The standard InChI is InChI=1S/C15H14F3N/c1-2-10-3-5-11(6-4-10)13-9-12(15(16,17)18)7-8-14(13)19/h3-9H,2,19H2,1H3. The predicted octanol–water partition coefficient (Wildman–Crippen LogP) is 4.52. The van der Waals surface area contributed by atoms with Gasteiger partial charge in [0.25, 0.3) is 0 Å². The summed E-state index contributed by atoms with van der Waals surface area (Å²) < 4.78 is 38.1. The van der Waals surface area contributed by atoms with Gasteiger partial charge in [0.05, 0.1) is 5.56 Å². The molecule has 0 atom stereocenters. The van der Waals surface area contributed by atoms with Crippen LogP contribution in [0.3, 0.4) is 0 Å². The van der Waals surface area contributed by atoms with Crippen LogP contribution in [0, 0.1) is 0 Å². The minimum atomic E-state index is -4.36. The first-order valence-corrected chi connectivity index (χ1v) is 5.98. The minimum absolute atomic E-state index is 0.345. The van der Waals surface area contributed by atoms with E-state index in [-0.39, 0.29) is 0 Å². The fourth-order valence-corrected chi connectivity index (χ4v) is 1.90. The Balaban J connectivity index is 2.48. The summed E-state index contributed by atoms with van der Waals surface area (Å²) in [6.07, 6.45) is -3.47. The Morgan fingerprint density at radius 3 is 2.16 bits per heavy atom. The molecule has 0 aliphatic heterocycles. The Hall–Kier alpha value is -1.97. The van der Waals surface area contributed by atoms with Crippen molar-refractivity contribution in [2.45, 2.75) is 19.5 Å². The van der Waals surface area contributed by atoms with Gasteiger partial charge in [-0.2, -0.15) is 13.2 Å². The van der Waals surface area contributed by atoms with Gasteiger partial charge in [-0.3, -0.25) is 0 Å². The van der Waals surface area contributed by atoms with Gasteiger partial charge >= 0.3 is 6.18 Å². The summed E-state index contributed by atoms with van der Waals surface area (Å²) in [5.41, 5.74) is 7.67. The van der Waals surface area contributed by atoms with Crippen molar-refractivity contribution < 1.29 is 13.2 Å². The number of aryl methyl sites for hydroxylation is 1. The number of rotatable bonds is 2. The monoisotopic (exact) mass is 265 g/mol. The zero-order valence-corrected chi connectivity index (χ0v) is 10.5. The van der Waals surface area contributed by atoms with Crippen LogP contribution >= 0.6 is 0 Å². The first-order valence-electron chi connectivity index (χ1n) is 5.98. The second-order valence-electron chi connectivity index (χ2n) is 4.35. The first kappa shape index (κ1) is 13.5. The lowest BCUT2D eigenvalue weighted by Crippen LogP contribution is -2.05. The maximum atomic E-state index is 12.7. The third-order valence-electron chi connectivity index (χ3n) is 3.05. The van der Waals surface area contributed by atoms with Crippen molar-refractivity contribution in [2.75, 3.05) is 5.73 Å². The highest BCUT2D eigenvalue weighted by molar-refractivity contribution is 5.77. The average molecular weight is 265 g/mol. The Morgan fingerprint density at radius 2 is 1.63 bits per heavy atom. The molecule has 0 fully saturated rings. The van der Waals surface area contributed by atoms with Crippen molar-refractivity contribution in [3.05, 3.63) is 53.6 Å². The van der Waals surface area contributed by atoms with E-state index in [2.05, 4.69) is 0 Å². The number of benzene rings is 2. The van der Waals surface area contributed by atoms with Gasteiger partial charge in [-0.15, -0.1) is 0 Å². The average Bonchev–Trinajstić information content (AvgIpc) is 2.38. The van der Waals surface area contributed by atoms with Gasteiger partial charge in [0.2, 0.25) is 0 Å². The first-order chi connectivity index (χ1) is 8.91. The Labute approximate surface area is 109 Å². The molecule has 0 aromatic heterocycles. The van der Waals surface area contributed by atoms with E-state index in [1.165, 1.54) is 6.07 Å². The largest absolute Gasteiger partial charge is 0.416 e. The molecule has 2 N–H and O–H groups in total. The molecule has 0 unspecified atom stereocenters. The molecule has 4 heteroatoms. The second-order valence-corrected chi connectivity index (χ2v) is 4.35. The molecule has 2 aromatic carbocycles. The quantitative estimate of drug-likeness (QED) is 0.794. The lowest BCUT2D eigenvalue weighted by molar-refractivity contribution is -0.137. The third kappa shape index (κ3) is 2.89. The van der Waals surface area contributed by atoms with Gasteiger partial charge in [-0.1, -0.05) is 31.2 Å². The van der Waals surface area contributed by atoms with E-state index in [1.54, 1.807) is 12.1 Å². The van der Waals surface area contributed by atoms with Gasteiger partial charge in [0, 0.05) is 11.3 Å². The fraction of sp³-hybridized carbons (Fsp3) is 0.200. The fourth-order valence-electron chi connectivity index (χ4n) is 1.90. The Morgan fingerprint density at radius 1 is 1.00 bits per heavy atom. The molecule has 0 aliphatic carbocycles. The highest BCUT2D eigenvalue weighted by atomic mass is 19.4.